The molecule has 3 rings (SSSR count). The predicted octanol–water partition coefficient (Wildman–Crippen LogP) is 2.45. The van der Waals surface area contributed by atoms with Gasteiger partial charge in [0, 0.05) is 12.8 Å². The van der Waals surface area contributed by atoms with Crippen molar-refractivity contribution in [3.63, 3.8) is 0 Å². The summed E-state index contributed by atoms with van der Waals surface area (Å²) in [7, 11) is 0. The predicted molar refractivity (Wildman–Crippen MR) is 60.9 cm³/mol. The van der Waals surface area contributed by atoms with Gasteiger partial charge in [-0.2, -0.15) is 0 Å². The van der Waals surface area contributed by atoms with Crippen LogP contribution in [0.25, 0.3) is 0 Å². The summed E-state index contributed by atoms with van der Waals surface area (Å²) in [5.74, 6) is 0.334. The Bertz CT molecular complexity index is 309. The standard InChI is InChI=1S/C13H21NO2/c1-2-13-9-6-11(15)14(13)12(10-16-13)7-4-3-5-8-12/h2-10H2,1H3/t13-/m0/s1. The number of hydrogen-bond donors (Lipinski definition) is 0. The number of amides is 1. The minimum absolute atomic E-state index is 0.0713. The lowest BCUT2D eigenvalue weighted by atomic mass is 9.81. The van der Waals surface area contributed by atoms with E-state index in [1.807, 2.05) is 0 Å². The Balaban J connectivity index is 1.95. The van der Waals surface area contributed by atoms with E-state index in [2.05, 4.69) is 11.8 Å². The monoisotopic (exact) mass is 223 g/mol. The molecule has 3 fully saturated rings. The largest absolute Gasteiger partial charge is 0.353 e. The Kier molecular flexibility index (Phi) is 2.29. The Morgan fingerprint density at radius 3 is 2.69 bits per heavy atom. The Morgan fingerprint density at radius 1 is 1.25 bits per heavy atom. The first-order chi connectivity index (χ1) is 7.72. The van der Waals surface area contributed by atoms with Gasteiger partial charge in [-0.1, -0.05) is 26.2 Å². The van der Waals surface area contributed by atoms with Crippen LogP contribution in [0.5, 0.6) is 0 Å². The van der Waals surface area contributed by atoms with Crippen LogP contribution in [-0.2, 0) is 9.53 Å². The van der Waals surface area contributed by atoms with E-state index in [9.17, 15) is 4.79 Å². The van der Waals surface area contributed by atoms with Gasteiger partial charge in [0.05, 0.1) is 12.1 Å². The summed E-state index contributed by atoms with van der Waals surface area (Å²) < 4.78 is 6.08. The van der Waals surface area contributed by atoms with Crippen LogP contribution in [0.15, 0.2) is 0 Å². The fourth-order valence-corrected chi connectivity index (χ4v) is 3.93. The normalized spacial score (nSPS) is 37.1. The number of ether oxygens (including phenoxy) is 1. The highest BCUT2D eigenvalue weighted by molar-refractivity contribution is 5.80. The van der Waals surface area contributed by atoms with Gasteiger partial charge in [0.2, 0.25) is 5.91 Å². The number of rotatable bonds is 1. The van der Waals surface area contributed by atoms with E-state index in [0.29, 0.717) is 12.3 Å². The van der Waals surface area contributed by atoms with Crippen LogP contribution in [0.4, 0.5) is 0 Å². The SMILES string of the molecule is CC[C@]12CCC(=O)N1C1(CCCCC1)CO2. The van der Waals surface area contributed by atoms with Gasteiger partial charge >= 0.3 is 0 Å². The molecule has 0 unspecified atom stereocenters. The van der Waals surface area contributed by atoms with Crippen molar-refractivity contribution in [2.75, 3.05) is 6.61 Å². The summed E-state index contributed by atoms with van der Waals surface area (Å²) in [6, 6.07) is 0. The summed E-state index contributed by atoms with van der Waals surface area (Å²) in [6.45, 7) is 2.93. The summed E-state index contributed by atoms with van der Waals surface area (Å²) in [6.07, 6.45) is 8.68. The number of fused-ring (bicyclic) bond motifs is 2. The van der Waals surface area contributed by atoms with Crippen molar-refractivity contribution in [1.82, 2.24) is 4.90 Å². The Labute approximate surface area is 97.1 Å². The lowest BCUT2D eigenvalue weighted by Gasteiger charge is -2.42. The molecule has 2 saturated heterocycles. The van der Waals surface area contributed by atoms with Crippen molar-refractivity contribution in [3.05, 3.63) is 0 Å². The molecule has 0 aromatic heterocycles. The molecule has 1 atom stereocenters. The minimum Gasteiger partial charge on any atom is -0.353 e. The van der Waals surface area contributed by atoms with E-state index in [-0.39, 0.29) is 11.3 Å². The molecule has 0 aromatic rings. The molecule has 0 bridgehead atoms. The highest BCUT2D eigenvalue weighted by atomic mass is 16.5. The maximum Gasteiger partial charge on any atom is 0.225 e. The second kappa shape index (κ2) is 3.46. The average Bonchev–Trinajstić information content (AvgIpc) is 2.81. The van der Waals surface area contributed by atoms with E-state index in [0.717, 1.165) is 32.3 Å². The number of carbonyl (C=O) groups excluding carboxylic acids is 1. The smallest absolute Gasteiger partial charge is 0.225 e. The quantitative estimate of drug-likeness (QED) is 0.683. The summed E-state index contributed by atoms with van der Waals surface area (Å²) in [4.78, 5) is 14.3. The molecule has 1 amide bonds. The van der Waals surface area contributed by atoms with Crippen LogP contribution in [0.3, 0.4) is 0 Å². The van der Waals surface area contributed by atoms with E-state index >= 15 is 0 Å². The lowest BCUT2D eigenvalue weighted by Crippen LogP contribution is -2.54. The second-order valence-electron chi connectivity index (χ2n) is 5.60. The van der Waals surface area contributed by atoms with Crippen molar-refractivity contribution in [2.24, 2.45) is 0 Å². The number of hydrogen-bond acceptors (Lipinski definition) is 2. The molecule has 2 aliphatic heterocycles. The topological polar surface area (TPSA) is 29.5 Å². The molecule has 2 heterocycles. The van der Waals surface area contributed by atoms with E-state index in [1.54, 1.807) is 0 Å². The Hall–Kier alpha value is -0.570. The highest BCUT2D eigenvalue weighted by Crippen LogP contribution is 2.50. The molecule has 3 heteroatoms. The van der Waals surface area contributed by atoms with Crippen LogP contribution in [0, 0.1) is 0 Å². The first kappa shape index (κ1) is 10.6. The minimum atomic E-state index is -0.228. The molecule has 16 heavy (non-hydrogen) atoms. The summed E-state index contributed by atoms with van der Waals surface area (Å²) >= 11 is 0. The van der Waals surface area contributed by atoms with Gasteiger partial charge in [0.15, 0.2) is 0 Å². The van der Waals surface area contributed by atoms with Gasteiger partial charge in [-0.3, -0.25) is 4.79 Å². The molecule has 90 valence electrons. The molecule has 3 aliphatic rings. The van der Waals surface area contributed by atoms with Crippen LogP contribution in [0.2, 0.25) is 0 Å². The van der Waals surface area contributed by atoms with E-state index < -0.39 is 0 Å². The zero-order chi connectivity index (χ0) is 11.2. The molecular formula is C13H21NO2. The van der Waals surface area contributed by atoms with Gasteiger partial charge in [0.1, 0.15) is 5.72 Å². The van der Waals surface area contributed by atoms with Crippen molar-refractivity contribution < 1.29 is 9.53 Å². The van der Waals surface area contributed by atoms with Crippen molar-refractivity contribution in [2.45, 2.75) is 69.6 Å². The maximum atomic E-state index is 12.1. The maximum absolute atomic E-state index is 12.1. The van der Waals surface area contributed by atoms with Crippen molar-refractivity contribution in [1.29, 1.82) is 0 Å². The first-order valence-electron chi connectivity index (χ1n) is 6.70. The second-order valence-corrected chi connectivity index (χ2v) is 5.60. The van der Waals surface area contributed by atoms with Crippen LogP contribution >= 0.6 is 0 Å². The van der Waals surface area contributed by atoms with Gasteiger partial charge in [-0.25, -0.2) is 0 Å². The molecule has 3 nitrogen and oxygen atoms in total. The number of nitrogens with zero attached hydrogens (tertiary/aromatic N) is 1. The zero-order valence-corrected chi connectivity index (χ0v) is 10.1. The van der Waals surface area contributed by atoms with Crippen molar-refractivity contribution >= 4 is 5.91 Å². The molecule has 0 aromatic carbocycles. The van der Waals surface area contributed by atoms with Gasteiger partial charge in [0.25, 0.3) is 0 Å². The highest BCUT2D eigenvalue weighted by Gasteiger charge is 2.60. The third-order valence-electron chi connectivity index (χ3n) is 4.81. The van der Waals surface area contributed by atoms with Gasteiger partial charge in [-0.15, -0.1) is 0 Å². The molecule has 1 spiro atoms. The fourth-order valence-electron chi connectivity index (χ4n) is 3.93. The molecular weight excluding hydrogens is 202 g/mol. The average molecular weight is 223 g/mol. The zero-order valence-electron chi connectivity index (χ0n) is 10.1. The lowest BCUT2D eigenvalue weighted by molar-refractivity contribution is -0.143. The molecule has 1 aliphatic carbocycles. The molecule has 0 radical (unpaired) electrons. The summed E-state index contributed by atoms with van der Waals surface area (Å²) in [5.41, 5.74) is -0.156. The molecule has 1 saturated carbocycles. The van der Waals surface area contributed by atoms with Crippen LogP contribution in [-0.4, -0.2) is 28.7 Å². The van der Waals surface area contributed by atoms with E-state index in [1.165, 1.54) is 19.3 Å². The Morgan fingerprint density at radius 2 is 2.00 bits per heavy atom. The molecule has 0 N–H and O–H groups in total. The first-order valence-corrected chi connectivity index (χ1v) is 6.70. The van der Waals surface area contributed by atoms with E-state index in [4.69, 9.17) is 4.74 Å². The summed E-state index contributed by atoms with van der Waals surface area (Å²) in [5, 5.41) is 0. The third kappa shape index (κ3) is 1.21. The van der Waals surface area contributed by atoms with Crippen molar-refractivity contribution in [3.8, 4) is 0 Å². The van der Waals surface area contributed by atoms with Gasteiger partial charge in [-0.05, 0) is 19.3 Å². The number of carbonyl (C=O) groups is 1. The third-order valence-corrected chi connectivity index (χ3v) is 4.81. The van der Waals surface area contributed by atoms with Gasteiger partial charge < -0.3 is 9.64 Å². The fraction of sp³-hybridized carbons (Fsp3) is 0.923. The van der Waals surface area contributed by atoms with Crippen LogP contribution < -0.4 is 0 Å². The van der Waals surface area contributed by atoms with Crippen LogP contribution in [0.1, 0.15) is 58.3 Å².